The van der Waals surface area contributed by atoms with Gasteiger partial charge in [-0.25, -0.2) is 0 Å². The monoisotopic (exact) mass is 174 g/mol. The summed E-state index contributed by atoms with van der Waals surface area (Å²) in [5.41, 5.74) is 0. The normalized spacial score (nSPS) is 13.3. The minimum absolute atomic E-state index is 0.684. The van der Waals surface area contributed by atoms with Gasteiger partial charge in [0.1, 0.15) is 13.2 Å². The van der Waals surface area contributed by atoms with Gasteiger partial charge in [-0.3, -0.25) is 0 Å². The van der Waals surface area contributed by atoms with Gasteiger partial charge in [0.2, 0.25) is 0 Å². The van der Waals surface area contributed by atoms with Gasteiger partial charge in [0.25, 0.3) is 0 Å². The molecule has 2 rings (SSSR count). The summed E-state index contributed by atoms with van der Waals surface area (Å²) in [5, 5.41) is 10.9. The molecule has 1 aliphatic rings. The van der Waals surface area contributed by atoms with Crippen molar-refractivity contribution in [2.75, 3.05) is 20.3 Å². The summed E-state index contributed by atoms with van der Waals surface area (Å²) in [6.07, 6.45) is 0. The second-order valence-corrected chi connectivity index (χ2v) is 2.54. The molecule has 2 heterocycles. The quantitative estimate of drug-likeness (QED) is 0.640. The molecule has 0 fully saturated rings. The predicted octanol–water partition coefficient (Wildman–Crippen LogP) is 1.13. The lowest BCUT2D eigenvalue weighted by Crippen LogP contribution is -2.13. The highest BCUT2D eigenvalue weighted by molar-refractivity contribution is 7.08. The first-order chi connectivity index (χ1) is 5.47. The Morgan fingerprint density at radius 1 is 1.18 bits per heavy atom. The van der Waals surface area contributed by atoms with E-state index in [1.807, 2.05) is 10.8 Å². The van der Waals surface area contributed by atoms with Crippen LogP contribution in [0.5, 0.6) is 11.5 Å². The number of hydrogen-bond acceptors (Lipinski definition) is 4. The lowest BCUT2D eigenvalue weighted by atomic mass is 10.5. The van der Waals surface area contributed by atoms with Crippen LogP contribution in [0.3, 0.4) is 0 Å². The van der Waals surface area contributed by atoms with Crippen LogP contribution in [0.2, 0.25) is 0 Å². The average Bonchev–Trinajstić information content (AvgIpc) is 2.55. The molecule has 11 heavy (non-hydrogen) atoms. The summed E-state index contributed by atoms with van der Waals surface area (Å²) in [6, 6.07) is 0. The van der Waals surface area contributed by atoms with Crippen LogP contribution in [-0.2, 0) is 0 Å². The summed E-state index contributed by atoms with van der Waals surface area (Å²) in [7, 11) is 1.00. The Morgan fingerprint density at radius 2 is 1.64 bits per heavy atom. The molecular formula is C7H10O3S. The van der Waals surface area contributed by atoms with Gasteiger partial charge in [0.15, 0.2) is 11.5 Å². The minimum atomic E-state index is 0.684. The molecule has 0 unspecified atom stereocenters. The summed E-state index contributed by atoms with van der Waals surface area (Å²) in [5.74, 6) is 1.79. The molecular weight excluding hydrogens is 164 g/mol. The highest BCUT2D eigenvalue weighted by Gasteiger charge is 2.10. The van der Waals surface area contributed by atoms with Crippen molar-refractivity contribution >= 4 is 11.3 Å². The van der Waals surface area contributed by atoms with Gasteiger partial charge in [0.05, 0.1) is 0 Å². The third kappa shape index (κ3) is 1.85. The molecule has 1 aromatic rings. The van der Waals surface area contributed by atoms with Crippen LogP contribution in [0.25, 0.3) is 0 Å². The summed E-state index contributed by atoms with van der Waals surface area (Å²) >= 11 is 1.61. The fraction of sp³-hybridized carbons (Fsp3) is 0.429. The Kier molecular flexibility index (Phi) is 3.19. The number of aliphatic hydroxyl groups is 1. The van der Waals surface area contributed by atoms with E-state index in [1.54, 1.807) is 11.3 Å². The van der Waals surface area contributed by atoms with Crippen LogP contribution >= 0.6 is 11.3 Å². The Hall–Kier alpha value is -0.740. The molecule has 0 spiro atoms. The van der Waals surface area contributed by atoms with E-state index < -0.39 is 0 Å². The molecule has 1 aromatic heterocycles. The molecule has 62 valence electrons. The van der Waals surface area contributed by atoms with Gasteiger partial charge < -0.3 is 14.6 Å². The van der Waals surface area contributed by atoms with E-state index >= 15 is 0 Å². The van der Waals surface area contributed by atoms with Crippen molar-refractivity contribution in [2.45, 2.75) is 0 Å². The summed E-state index contributed by atoms with van der Waals surface area (Å²) in [4.78, 5) is 0. The molecule has 1 N–H and O–H groups in total. The highest BCUT2D eigenvalue weighted by Crippen LogP contribution is 2.33. The Labute approximate surface area is 69.2 Å². The SMILES string of the molecule is CO.c1scc2c1OCCO2. The molecule has 0 aromatic carbocycles. The molecule has 1 aliphatic heterocycles. The van der Waals surface area contributed by atoms with E-state index in [0.717, 1.165) is 18.6 Å². The largest absolute Gasteiger partial charge is 0.485 e. The van der Waals surface area contributed by atoms with Gasteiger partial charge in [-0.05, 0) is 0 Å². The van der Waals surface area contributed by atoms with Gasteiger partial charge in [-0.1, -0.05) is 0 Å². The first kappa shape index (κ1) is 8.36. The molecule has 0 radical (unpaired) electrons. The van der Waals surface area contributed by atoms with Gasteiger partial charge >= 0.3 is 0 Å². The summed E-state index contributed by atoms with van der Waals surface area (Å²) < 4.78 is 10.5. The Morgan fingerprint density at radius 3 is 2.09 bits per heavy atom. The number of aliphatic hydroxyl groups excluding tert-OH is 1. The standard InChI is InChI=1S/C6H6O2S.CH4O/c1-2-8-6-4-9-3-5(6)7-1;1-2/h3-4H,1-2H2;2H,1H3. The maximum absolute atomic E-state index is 7.00. The van der Waals surface area contributed by atoms with E-state index in [1.165, 1.54) is 0 Å². The minimum Gasteiger partial charge on any atom is -0.485 e. The Balaban J connectivity index is 0.000000281. The molecule has 0 saturated carbocycles. The lowest BCUT2D eigenvalue weighted by Gasteiger charge is -2.13. The van der Waals surface area contributed by atoms with Crippen LogP contribution in [0.15, 0.2) is 10.8 Å². The lowest BCUT2D eigenvalue weighted by molar-refractivity contribution is 0.173. The van der Waals surface area contributed by atoms with Crippen molar-refractivity contribution in [3.63, 3.8) is 0 Å². The molecule has 0 bridgehead atoms. The van der Waals surface area contributed by atoms with Crippen molar-refractivity contribution < 1.29 is 14.6 Å². The number of ether oxygens (including phenoxy) is 2. The number of thiophene rings is 1. The van der Waals surface area contributed by atoms with E-state index in [-0.39, 0.29) is 0 Å². The van der Waals surface area contributed by atoms with Crippen molar-refractivity contribution in [1.29, 1.82) is 0 Å². The molecule has 3 nitrogen and oxygen atoms in total. The highest BCUT2D eigenvalue weighted by atomic mass is 32.1. The van der Waals surface area contributed by atoms with Crippen LogP contribution < -0.4 is 9.47 Å². The van der Waals surface area contributed by atoms with E-state index in [9.17, 15) is 0 Å². The van der Waals surface area contributed by atoms with Crippen LogP contribution in [-0.4, -0.2) is 25.4 Å². The fourth-order valence-corrected chi connectivity index (χ4v) is 1.47. The molecule has 0 amide bonds. The van der Waals surface area contributed by atoms with Gasteiger partial charge in [-0.2, -0.15) is 0 Å². The molecule has 0 aliphatic carbocycles. The molecule has 0 atom stereocenters. The van der Waals surface area contributed by atoms with Crippen molar-refractivity contribution in [2.24, 2.45) is 0 Å². The van der Waals surface area contributed by atoms with Gasteiger partial charge in [-0.15, -0.1) is 11.3 Å². The van der Waals surface area contributed by atoms with Crippen LogP contribution in [0.4, 0.5) is 0 Å². The van der Waals surface area contributed by atoms with Gasteiger partial charge in [0, 0.05) is 17.9 Å². The molecule has 0 saturated heterocycles. The maximum atomic E-state index is 7.00. The third-order valence-electron chi connectivity index (χ3n) is 1.19. The first-order valence-electron chi connectivity index (χ1n) is 3.23. The number of hydrogen-bond donors (Lipinski definition) is 1. The van der Waals surface area contributed by atoms with Crippen LogP contribution in [0.1, 0.15) is 0 Å². The molecule has 4 heteroatoms. The summed E-state index contributed by atoms with van der Waals surface area (Å²) in [6.45, 7) is 1.37. The number of fused-ring (bicyclic) bond motifs is 1. The smallest absolute Gasteiger partial charge is 0.172 e. The third-order valence-corrected chi connectivity index (χ3v) is 1.89. The van der Waals surface area contributed by atoms with E-state index in [2.05, 4.69) is 0 Å². The van der Waals surface area contributed by atoms with E-state index in [4.69, 9.17) is 14.6 Å². The predicted molar refractivity (Wildman–Crippen MR) is 43.5 cm³/mol. The van der Waals surface area contributed by atoms with Crippen molar-refractivity contribution in [3.8, 4) is 11.5 Å². The average molecular weight is 174 g/mol. The zero-order valence-electron chi connectivity index (χ0n) is 6.24. The van der Waals surface area contributed by atoms with Crippen LogP contribution in [0, 0.1) is 0 Å². The number of rotatable bonds is 0. The zero-order chi connectivity index (χ0) is 8.10. The van der Waals surface area contributed by atoms with Crippen molar-refractivity contribution in [1.82, 2.24) is 0 Å². The zero-order valence-corrected chi connectivity index (χ0v) is 7.06. The maximum Gasteiger partial charge on any atom is 0.172 e. The Bertz CT molecular complexity index is 189. The fourth-order valence-electron chi connectivity index (χ4n) is 0.787. The second kappa shape index (κ2) is 4.20. The van der Waals surface area contributed by atoms with E-state index in [0.29, 0.717) is 13.2 Å². The van der Waals surface area contributed by atoms with Crippen molar-refractivity contribution in [3.05, 3.63) is 10.8 Å². The topological polar surface area (TPSA) is 38.7 Å². The first-order valence-corrected chi connectivity index (χ1v) is 4.17. The second-order valence-electron chi connectivity index (χ2n) is 1.80.